The predicted octanol–water partition coefficient (Wildman–Crippen LogP) is 5.05. The lowest BCUT2D eigenvalue weighted by atomic mass is 10.0. The van der Waals surface area contributed by atoms with Crippen LogP contribution < -0.4 is 10.6 Å². The monoisotopic (exact) mass is 362 g/mol. The number of carbonyl (C=O) groups is 1. The number of rotatable bonds is 7. The van der Waals surface area contributed by atoms with E-state index in [0.717, 1.165) is 28.3 Å². The molecule has 0 aliphatic rings. The standard InChI is InChI=1S/C22H22N2OS/c1-26-21-14-8-7-13-20(21)23-16-22(25)24-19-12-6-5-11-18(19)15-17-9-3-2-4-10-17/h2-14,23H,15-16H2,1H3,(H,24,25). The third-order valence-electron chi connectivity index (χ3n) is 4.08. The Morgan fingerprint density at radius 1 is 0.846 bits per heavy atom. The molecule has 0 fully saturated rings. The number of hydrogen-bond donors (Lipinski definition) is 2. The number of hydrogen-bond acceptors (Lipinski definition) is 3. The van der Waals surface area contributed by atoms with Crippen molar-refractivity contribution in [3.05, 3.63) is 90.0 Å². The van der Waals surface area contributed by atoms with Crippen molar-refractivity contribution in [2.75, 3.05) is 23.4 Å². The number of thioether (sulfide) groups is 1. The quantitative estimate of drug-likeness (QED) is 0.578. The lowest BCUT2D eigenvalue weighted by Crippen LogP contribution is -2.22. The summed E-state index contributed by atoms with van der Waals surface area (Å²) < 4.78 is 0. The van der Waals surface area contributed by atoms with Crippen LogP contribution in [-0.4, -0.2) is 18.7 Å². The molecule has 0 radical (unpaired) electrons. The highest BCUT2D eigenvalue weighted by atomic mass is 32.2. The van der Waals surface area contributed by atoms with Gasteiger partial charge in [0.05, 0.1) is 6.54 Å². The summed E-state index contributed by atoms with van der Waals surface area (Å²) in [5.41, 5.74) is 4.17. The van der Waals surface area contributed by atoms with Gasteiger partial charge in [-0.25, -0.2) is 0 Å². The molecular weight excluding hydrogens is 340 g/mol. The van der Waals surface area contributed by atoms with Crippen LogP contribution in [0.2, 0.25) is 0 Å². The van der Waals surface area contributed by atoms with Crippen molar-refractivity contribution in [3.8, 4) is 0 Å². The van der Waals surface area contributed by atoms with Gasteiger partial charge in [0.25, 0.3) is 0 Å². The maximum atomic E-state index is 12.4. The van der Waals surface area contributed by atoms with Crippen molar-refractivity contribution in [3.63, 3.8) is 0 Å². The Morgan fingerprint density at radius 3 is 2.27 bits per heavy atom. The van der Waals surface area contributed by atoms with E-state index in [1.165, 1.54) is 5.56 Å². The van der Waals surface area contributed by atoms with Gasteiger partial charge < -0.3 is 10.6 Å². The molecule has 26 heavy (non-hydrogen) atoms. The Morgan fingerprint density at radius 2 is 1.50 bits per heavy atom. The summed E-state index contributed by atoms with van der Waals surface area (Å²) in [7, 11) is 0. The molecule has 1 amide bonds. The first-order valence-corrected chi connectivity index (χ1v) is 9.77. The van der Waals surface area contributed by atoms with E-state index >= 15 is 0 Å². The van der Waals surface area contributed by atoms with Crippen LogP contribution >= 0.6 is 11.8 Å². The lowest BCUT2D eigenvalue weighted by Gasteiger charge is -2.13. The molecule has 132 valence electrons. The fraction of sp³-hybridized carbons (Fsp3) is 0.136. The van der Waals surface area contributed by atoms with E-state index in [0.29, 0.717) is 0 Å². The third-order valence-corrected chi connectivity index (χ3v) is 4.87. The molecule has 0 aromatic heterocycles. The molecule has 0 spiro atoms. The largest absolute Gasteiger partial charge is 0.375 e. The second-order valence-corrected chi connectivity index (χ2v) is 6.77. The van der Waals surface area contributed by atoms with E-state index in [-0.39, 0.29) is 12.5 Å². The molecule has 0 saturated heterocycles. The molecule has 0 bridgehead atoms. The average molecular weight is 362 g/mol. The molecule has 0 saturated carbocycles. The zero-order chi connectivity index (χ0) is 18.2. The van der Waals surface area contributed by atoms with E-state index in [1.54, 1.807) is 11.8 Å². The Bertz CT molecular complexity index is 865. The van der Waals surface area contributed by atoms with Crippen LogP contribution in [0.3, 0.4) is 0 Å². The predicted molar refractivity (Wildman–Crippen MR) is 111 cm³/mol. The topological polar surface area (TPSA) is 41.1 Å². The average Bonchev–Trinajstić information content (AvgIpc) is 2.69. The van der Waals surface area contributed by atoms with Crippen molar-refractivity contribution >= 4 is 29.0 Å². The van der Waals surface area contributed by atoms with Gasteiger partial charge in [-0.3, -0.25) is 4.79 Å². The van der Waals surface area contributed by atoms with Gasteiger partial charge in [-0.05, 0) is 42.0 Å². The van der Waals surface area contributed by atoms with Crippen LogP contribution in [0.5, 0.6) is 0 Å². The zero-order valence-corrected chi connectivity index (χ0v) is 15.6. The first-order valence-electron chi connectivity index (χ1n) is 8.55. The van der Waals surface area contributed by atoms with Gasteiger partial charge in [-0.2, -0.15) is 0 Å². The number of nitrogens with one attached hydrogen (secondary N) is 2. The summed E-state index contributed by atoms with van der Waals surface area (Å²) in [4.78, 5) is 13.5. The normalized spacial score (nSPS) is 10.3. The minimum atomic E-state index is -0.0542. The van der Waals surface area contributed by atoms with Crippen LogP contribution in [0, 0.1) is 0 Å². The highest BCUT2D eigenvalue weighted by Gasteiger charge is 2.08. The summed E-state index contributed by atoms with van der Waals surface area (Å²) in [5.74, 6) is -0.0542. The van der Waals surface area contributed by atoms with Gasteiger partial charge in [0.2, 0.25) is 5.91 Å². The first kappa shape index (κ1) is 18.1. The molecule has 2 N–H and O–H groups in total. The molecule has 0 atom stereocenters. The van der Waals surface area contributed by atoms with E-state index < -0.39 is 0 Å². The molecule has 0 aliphatic carbocycles. The van der Waals surface area contributed by atoms with Crippen LogP contribution in [-0.2, 0) is 11.2 Å². The molecule has 3 rings (SSSR count). The summed E-state index contributed by atoms with van der Waals surface area (Å²) >= 11 is 1.66. The summed E-state index contributed by atoms with van der Waals surface area (Å²) in [6, 6.07) is 26.2. The summed E-state index contributed by atoms with van der Waals surface area (Å²) in [5, 5.41) is 6.25. The van der Waals surface area contributed by atoms with E-state index in [4.69, 9.17) is 0 Å². The van der Waals surface area contributed by atoms with E-state index in [2.05, 4.69) is 28.8 Å². The van der Waals surface area contributed by atoms with Gasteiger partial charge in [0, 0.05) is 16.3 Å². The Kier molecular flexibility index (Phi) is 6.34. The number of anilines is 2. The highest BCUT2D eigenvalue weighted by Crippen LogP contribution is 2.24. The number of amides is 1. The third kappa shape index (κ3) is 4.90. The molecule has 4 heteroatoms. The fourth-order valence-electron chi connectivity index (χ4n) is 2.77. The van der Waals surface area contributed by atoms with Gasteiger partial charge >= 0.3 is 0 Å². The van der Waals surface area contributed by atoms with Crippen molar-refractivity contribution < 1.29 is 4.79 Å². The van der Waals surface area contributed by atoms with E-state index in [9.17, 15) is 4.79 Å². The first-order chi connectivity index (χ1) is 12.8. The smallest absolute Gasteiger partial charge is 0.243 e. The SMILES string of the molecule is CSc1ccccc1NCC(=O)Nc1ccccc1Cc1ccccc1. The minimum Gasteiger partial charge on any atom is -0.375 e. The molecule has 3 aromatic carbocycles. The van der Waals surface area contributed by atoms with Crippen LogP contribution in [0.1, 0.15) is 11.1 Å². The number of carbonyl (C=O) groups excluding carboxylic acids is 1. The fourth-order valence-corrected chi connectivity index (χ4v) is 3.35. The van der Waals surface area contributed by atoms with Gasteiger partial charge in [0.15, 0.2) is 0 Å². The number of benzene rings is 3. The Balaban J connectivity index is 1.64. The second-order valence-electron chi connectivity index (χ2n) is 5.92. The van der Waals surface area contributed by atoms with E-state index in [1.807, 2.05) is 66.9 Å². The van der Waals surface area contributed by atoms with Crippen molar-refractivity contribution in [1.29, 1.82) is 0 Å². The van der Waals surface area contributed by atoms with Crippen molar-refractivity contribution in [2.45, 2.75) is 11.3 Å². The lowest BCUT2D eigenvalue weighted by molar-refractivity contribution is -0.114. The molecule has 0 unspecified atom stereocenters. The highest BCUT2D eigenvalue weighted by molar-refractivity contribution is 7.98. The van der Waals surface area contributed by atoms with Crippen LogP contribution in [0.15, 0.2) is 83.8 Å². The molecular formula is C22H22N2OS. The van der Waals surface area contributed by atoms with Gasteiger partial charge in [-0.15, -0.1) is 11.8 Å². The maximum Gasteiger partial charge on any atom is 0.243 e. The summed E-state index contributed by atoms with van der Waals surface area (Å²) in [6.45, 7) is 0.233. The van der Waals surface area contributed by atoms with Crippen molar-refractivity contribution in [2.24, 2.45) is 0 Å². The van der Waals surface area contributed by atoms with Gasteiger partial charge in [-0.1, -0.05) is 60.7 Å². The van der Waals surface area contributed by atoms with Gasteiger partial charge in [0.1, 0.15) is 0 Å². The molecule has 3 nitrogen and oxygen atoms in total. The second kappa shape index (κ2) is 9.11. The molecule has 0 aliphatic heterocycles. The zero-order valence-electron chi connectivity index (χ0n) is 14.7. The Hall–Kier alpha value is -2.72. The van der Waals surface area contributed by atoms with Crippen molar-refractivity contribution in [1.82, 2.24) is 0 Å². The van der Waals surface area contributed by atoms with Crippen LogP contribution in [0.4, 0.5) is 11.4 Å². The molecule has 0 heterocycles. The Labute approximate surface area is 158 Å². The maximum absolute atomic E-state index is 12.4. The molecule has 3 aromatic rings. The summed E-state index contributed by atoms with van der Waals surface area (Å²) in [6.07, 6.45) is 2.82. The minimum absolute atomic E-state index is 0.0542. The van der Waals surface area contributed by atoms with Crippen LogP contribution in [0.25, 0.3) is 0 Å². The number of para-hydroxylation sites is 2.